The lowest BCUT2D eigenvalue weighted by atomic mass is 10.3. The van der Waals surface area contributed by atoms with E-state index < -0.39 is 0 Å². The molecule has 0 aromatic carbocycles. The molecule has 1 unspecified atom stereocenters. The summed E-state index contributed by atoms with van der Waals surface area (Å²) in [4.78, 5) is 7.38. The van der Waals surface area contributed by atoms with Gasteiger partial charge in [0.15, 0.2) is 0 Å². The average Bonchev–Trinajstić information content (AvgIpc) is 2.38. The van der Waals surface area contributed by atoms with Gasteiger partial charge in [0.25, 0.3) is 0 Å². The molecule has 1 aliphatic rings. The normalized spacial score (nSPS) is 20.1. The van der Waals surface area contributed by atoms with Crippen LogP contribution < -0.4 is 5.32 Å². The molecule has 0 aliphatic carbocycles. The molecule has 0 amide bonds. The quantitative estimate of drug-likeness (QED) is 0.628. The lowest BCUT2D eigenvalue weighted by Gasteiger charge is -2.35. The lowest BCUT2D eigenvalue weighted by Crippen LogP contribution is -2.49. The molecular weight excluding hydrogens is 240 g/mol. The Morgan fingerprint density at radius 3 is 2.21 bits per heavy atom. The highest BCUT2D eigenvalue weighted by atomic mass is 16.5. The molecule has 1 atom stereocenters. The first kappa shape index (κ1) is 16.9. The summed E-state index contributed by atoms with van der Waals surface area (Å²) in [5, 5.41) is 3.50. The van der Waals surface area contributed by atoms with Crippen LogP contribution in [-0.2, 0) is 4.74 Å². The minimum absolute atomic E-state index is 0.450. The summed E-state index contributed by atoms with van der Waals surface area (Å²) >= 11 is 0. The number of methoxy groups -OCH3 is 1. The molecule has 1 heterocycles. The Balaban J connectivity index is 2.03. The summed E-state index contributed by atoms with van der Waals surface area (Å²) in [5.41, 5.74) is 0. The van der Waals surface area contributed by atoms with Crippen LogP contribution in [0.3, 0.4) is 0 Å². The van der Waals surface area contributed by atoms with Crippen LogP contribution >= 0.6 is 0 Å². The van der Waals surface area contributed by atoms with Crippen LogP contribution in [-0.4, -0.2) is 101 Å². The molecule has 1 N–H and O–H groups in total. The van der Waals surface area contributed by atoms with Crippen molar-refractivity contribution in [1.29, 1.82) is 0 Å². The number of piperazine rings is 1. The van der Waals surface area contributed by atoms with Crippen molar-refractivity contribution in [2.24, 2.45) is 0 Å². The van der Waals surface area contributed by atoms with Crippen LogP contribution in [0, 0.1) is 0 Å². The molecule has 1 saturated heterocycles. The first-order valence-corrected chi connectivity index (χ1v) is 7.43. The number of nitrogens with one attached hydrogen (secondary N) is 1. The van der Waals surface area contributed by atoms with Crippen molar-refractivity contribution in [3.8, 4) is 0 Å². The van der Waals surface area contributed by atoms with Gasteiger partial charge < -0.3 is 15.0 Å². The minimum atomic E-state index is 0.450. The number of likely N-dealkylation sites (N-methyl/N-ethyl adjacent to an activating group) is 1. The topological polar surface area (TPSA) is 31.0 Å². The van der Waals surface area contributed by atoms with E-state index in [0.29, 0.717) is 6.04 Å². The van der Waals surface area contributed by atoms with E-state index in [9.17, 15) is 0 Å². The number of rotatable bonds is 9. The smallest absolute Gasteiger partial charge is 0.0613 e. The molecule has 0 spiro atoms. The molecule has 0 bridgehead atoms. The second-order valence-corrected chi connectivity index (χ2v) is 5.80. The zero-order valence-corrected chi connectivity index (χ0v) is 13.2. The van der Waals surface area contributed by atoms with Crippen LogP contribution in [0.25, 0.3) is 0 Å². The highest BCUT2D eigenvalue weighted by Gasteiger charge is 2.16. The van der Waals surface area contributed by atoms with Gasteiger partial charge in [-0.05, 0) is 21.0 Å². The van der Waals surface area contributed by atoms with Gasteiger partial charge in [0.05, 0.1) is 6.61 Å². The molecule has 1 aliphatic heterocycles. The molecule has 114 valence electrons. The van der Waals surface area contributed by atoms with Crippen molar-refractivity contribution in [3.05, 3.63) is 0 Å². The molecule has 5 heteroatoms. The fourth-order valence-electron chi connectivity index (χ4n) is 2.36. The van der Waals surface area contributed by atoms with E-state index >= 15 is 0 Å². The molecule has 0 aromatic heterocycles. The molecular formula is C14H32N4O. The standard InChI is InChI=1S/C14H32N4O/c1-14(13-19-4)15-5-6-17-9-11-18(12-10-17)8-7-16(2)3/h14-15H,5-13H2,1-4H3. The van der Waals surface area contributed by atoms with Crippen molar-refractivity contribution < 1.29 is 4.74 Å². The Morgan fingerprint density at radius 2 is 1.68 bits per heavy atom. The largest absolute Gasteiger partial charge is 0.383 e. The maximum Gasteiger partial charge on any atom is 0.0613 e. The van der Waals surface area contributed by atoms with E-state index in [1.54, 1.807) is 7.11 Å². The molecule has 19 heavy (non-hydrogen) atoms. The third-order valence-corrected chi connectivity index (χ3v) is 3.67. The first-order valence-electron chi connectivity index (χ1n) is 7.43. The van der Waals surface area contributed by atoms with Gasteiger partial charge >= 0.3 is 0 Å². The van der Waals surface area contributed by atoms with Crippen LogP contribution in [0.2, 0.25) is 0 Å². The highest BCUT2D eigenvalue weighted by molar-refractivity contribution is 4.73. The monoisotopic (exact) mass is 272 g/mol. The second-order valence-electron chi connectivity index (χ2n) is 5.80. The third kappa shape index (κ3) is 7.84. The van der Waals surface area contributed by atoms with Gasteiger partial charge in [-0.15, -0.1) is 0 Å². The predicted octanol–water partition coefficient (Wildman–Crippen LogP) is -0.210. The Hall–Kier alpha value is -0.200. The number of hydrogen-bond acceptors (Lipinski definition) is 5. The van der Waals surface area contributed by atoms with Gasteiger partial charge in [-0.1, -0.05) is 0 Å². The fourth-order valence-corrected chi connectivity index (χ4v) is 2.36. The zero-order chi connectivity index (χ0) is 14.1. The summed E-state index contributed by atoms with van der Waals surface area (Å²) in [6, 6.07) is 0.450. The summed E-state index contributed by atoms with van der Waals surface area (Å²) in [6.07, 6.45) is 0. The van der Waals surface area contributed by atoms with Gasteiger partial charge in [0.1, 0.15) is 0 Å². The van der Waals surface area contributed by atoms with Gasteiger partial charge in [-0.25, -0.2) is 0 Å². The molecule has 1 fully saturated rings. The Kier molecular flexibility index (Phi) is 8.57. The van der Waals surface area contributed by atoms with E-state index in [0.717, 1.165) is 26.2 Å². The van der Waals surface area contributed by atoms with E-state index in [1.165, 1.54) is 32.7 Å². The van der Waals surface area contributed by atoms with Crippen LogP contribution in [0.4, 0.5) is 0 Å². The minimum Gasteiger partial charge on any atom is -0.383 e. The van der Waals surface area contributed by atoms with Crippen molar-refractivity contribution in [1.82, 2.24) is 20.0 Å². The average molecular weight is 272 g/mol. The van der Waals surface area contributed by atoms with Crippen LogP contribution in [0.15, 0.2) is 0 Å². The van der Waals surface area contributed by atoms with Gasteiger partial charge in [0, 0.05) is 65.5 Å². The van der Waals surface area contributed by atoms with Gasteiger partial charge in [-0.3, -0.25) is 9.80 Å². The van der Waals surface area contributed by atoms with Crippen LogP contribution in [0.1, 0.15) is 6.92 Å². The predicted molar refractivity (Wildman–Crippen MR) is 80.8 cm³/mol. The molecule has 0 aromatic rings. The van der Waals surface area contributed by atoms with Gasteiger partial charge in [0.2, 0.25) is 0 Å². The number of nitrogens with zero attached hydrogens (tertiary/aromatic N) is 3. The molecule has 0 radical (unpaired) electrons. The highest BCUT2D eigenvalue weighted by Crippen LogP contribution is 2.00. The van der Waals surface area contributed by atoms with E-state index in [1.807, 2.05) is 0 Å². The van der Waals surface area contributed by atoms with Crippen molar-refractivity contribution in [2.45, 2.75) is 13.0 Å². The molecule has 1 rings (SSSR count). The second kappa shape index (κ2) is 9.66. The van der Waals surface area contributed by atoms with E-state index in [-0.39, 0.29) is 0 Å². The maximum atomic E-state index is 5.12. The summed E-state index contributed by atoms with van der Waals surface area (Å²) in [6.45, 7) is 12.4. The van der Waals surface area contributed by atoms with Gasteiger partial charge in [-0.2, -0.15) is 0 Å². The third-order valence-electron chi connectivity index (χ3n) is 3.67. The number of hydrogen-bond donors (Lipinski definition) is 1. The van der Waals surface area contributed by atoms with E-state index in [4.69, 9.17) is 4.74 Å². The Bertz CT molecular complexity index is 217. The zero-order valence-electron chi connectivity index (χ0n) is 13.2. The Labute approximate surface area is 118 Å². The SMILES string of the molecule is COCC(C)NCCN1CCN(CCN(C)C)CC1. The maximum absolute atomic E-state index is 5.12. The van der Waals surface area contributed by atoms with Crippen molar-refractivity contribution in [3.63, 3.8) is 0 Å². The number of ether oxygens (including phenoxy) is 1. The summed E-state index contributed by atoms with van der Waals surface area (Å²) < 4.78 is 5.12. The van der Waals surface area contributed by atoms with Crippen molar-refractivity contribution in [2.75, 3.05) is 80.2 Å². The molecule has 0 saturated carbocycles. The van der Waals surface area contributed by atoms with Crippen molar-refractivity contribution >= 4 is 0 Å². The first-order chi connectivity index (χ1) is 9.11. The summed E-state index contributed by atoms with van der Waals surface area (Å²) in [7, 11) is 6.04. The van der Waals surface area contributed by atoms with Crippen LogP contribution in [0.5, 0.6) is 0 Å². The Morgan fingerprint density at radius 1 is 1.11 bits per heavy atom. The van der Waals surface area contributed by atoms with E-state index in [2.05, 4.69) is 41.0 Å². The summed E-state index contributed by atoms with van der Waals surface area (Å²) in [5.74, 6) is 0. The fraction of sp³-hybridized carbons (Fsp3) is 1.00. The lowest BCUT2D eigenvalue weighted by molar-refractivity contribution is 0.122. The molecule has 5 nitrogen and oxygen atoms in total.